The number of halogens is 1. The summed E-state index contributed by atoms with van der Waals surface area (Å²) in [7, 11) is 0. The zero-order chi connectivity index (χ0) is 16.9. The number of morpholine rings is 1. The van der Waals surface area contributed by atoms with E-state index in [4.69, 9.17) is 16.3 Å². The second kappa shape index (κ2) is 7.83. The highest BCUT2D eigenvalue weighted by Crippen LogP contribution is 2.27. The van der Waals surface area contributed by atoms with E-state index in [-0.39, 0.29) is 17.6 Å². The lowest BCUT2D eigenvalue weighted by molar-refractivity contribution is -0.116. The molecule has 2 rings (SSSR count). The van der Waals surface area contributed by atoms with E-state index in [1.165, 1.54) is 0 Å². The smallest absolute Gasteiger partial charge is 0.295 e. The number of rotatable bonds is 4. The lowest BCUT2D eigenvalue weighted by atomic mass is 10.0. The van der Waals surface area contributed by atoms with E-state index in [0.29, 0.717) is 18.2 Å². The molecule has 1 aromatic rings. The van der Waals surface area contributed by atoms with Crippen molar-refractivity contribution in [3.8, 4) is 11.8 Å². The molecule has 1 aromatic carbocycles. The minimum atomic E-state index is -0.251. The highest BCUT2D eigenvalue weighted by molar-refractivity contribution is 6.30. The lowest BCUT2D eigenvalue weighted by Crippen LogP contribution is -2.51. The normalized spacial score (nSPS) is 18.6. The third-order valence-corrected chi connectivity index (χ3v) is 4.10. The number of benzene rings is 1. The molecule has 1 N–H and O–H groups in total. The SMILES string of the molecule is CC#CC(=O)NC[C@@H](c1ccc(Cl)cc1)N1CCOC(C)(C)C1. The van der Waals surface area contributed by atoms with Crippen molar-refractivity contribution in [1.29, 1.82) is 0 Å². The highest BCUT2D eigenvalue weighted by atomic mass is 35.5. The van der Waals surface area contributed by atoms with Gasteiger partial charge in [0.15, 0.2) is 0 Å². The Labute approximate surface area is 143 Å². The first-order valence-electron chi connectivity index (χ1n) is 7.75. The third-order valence-electron chi connectivity index (χ3n) is 3.85. The van der Waals surface area contributed by atoms with Crippen LogP contribution >= 0.6 is 11.6 Å². The maximum atomic E-state index is 11.7. The van der Waals surface area contributed by atoms with Gasteiger partial charge in [-0.2, -0.15) is 0 Å². The van der Waals surface area contributed by atoms with Crippen molar-refractivity contribution in [3.63, 3.8) is 0 Å². The molecule has 23 heavy (non-hydrogen) atoms. The van der Waals surface area contributed by atoms with Crippen LogP contribution in [-0.4, -0.2) is 42.6 Å². The second-order valence-electron chi connectivity index (χ2n) is 6.23. The van der Waals surface area contributed by atoms with E-state index < -0.39 is 0 Å². The van der Waals surface area contributed by atoms with Crippen LogP contribution in [0.15, 0.2) is 24.3 Å². The molecule has 1 heterocycles. The van der Waals surface area contributed by atoms with Gasteiger partial charge < -0.3 is 10.1 Å². The van der Waals surface area contributed by atoms with Gasteiger partial charge in [0.25, 0.3) is 5.91 Å². The van der Waals surface area contributed by atoms with Crippen molar-refractivity contribution in [2.45, 2.75) is 32.4 Å². The summed E-state index contributed by atoms with van der Waals surface area (Å²) in [5.41, 5.74) is 0.924. The van der Waals surface area contributed by atoms with Crippen LogP contribution in [0.25, 0.3) is 0 Å². The number of hydrogen-bond donors (Lipinski definition) is 1. The molecule has 1 aliphatic heterocycles. The molecule has 1 saturated heterocycles. The Balaban J connectivity index is 2.17. The molecule has 0 aliphatic carbocycles. The topological polar surface area (TPSA) is 41.6 Å². The Hall–Kier alpha value is -1.54. The van der Waals surface area contributed by atoms with Crippen molar-refractivity contribution in [2.24, 2.45) is 0 Å². The molecular weight excluding hydrogens is 312 g/mol. The van der Waals surface area contributed by atoms with Gasteiger partial charge >= 0.3 is 0 Å². The van der Waals surface area contributed by atoms with E-state index >= 15 is 0 Å². The summed E-state index contributed by atoms with van der Waals surface area (Å²) in [6.45, 7) is 8.63. The molecule has 1 amide bonds. The van der Waals surface area contributed by atoms with E-state index in [9.17, 15) is 4.79 Å². The van der Waals surface area contributed by atoms with Gasteiger partial charge in [-0.15, -0.1) is 0 Å². The summed E-state index contributed by atoms with van der Waals surface area (Å²) in [6, 6.07) is 7.84. The molecule has 0 unspecified atom stereocenters. The number of carbonyl (C=O) groups excluding carboxylic acids is 1. The number of carbonyl (C=O) groups is 1. The minimum absolute atomic E-state index is 0.0676. The molecule has 0 radical (unpaired) electrons. The molecule has 0 aromatic heterocycles. The molecule has 1 aliphatic rings. The van der Waals surface area contributed by atoms with Crippen LogP contribution in [0.4, 0.5) is 0 Å². The van der Waals surface area contributed by atoms with Crippen LogP contribution in [0.1, 0.15) is 32.4 Å². The predicted molar refractivity (Wildman–Crippen MR) is 92.3 cm³/mol. The molecule has 124 valence electrons. The summed E-state index contributed by atoms with van der Waals surface area (Å²) >= 11 is 5.99. The van der Waals surface area contributed by atoms with Gasteiger partial charge in [0.05, 0.1) is 18.2 Å². The summed E-state index contributed by atoms with van der Waals surface area (Å²) in [5, 5.41) is 3.60. The first-order valence-corrected chi connectivity index (χ1v) is 8.13. The molecule has 5 heteroatoms. The largest absolute Gasteiger partial charge is 0.373 e. The van der Waals surface area contributed by atoms with Crippen LogP contribution in [0.3, 0.4) is 0 Å². The van der Waals surface area contributed by atoms with Crippen LogP contribution < -0.4 is 5.32 Å². The van der Waals surface area contributed by atoms with E-state index in [2.05, 4.69) is 35.9 Å². The highest BCUT2D eigenvalue weighted by Gasteiger charge is 2.32. The summed E-state index contributed by atoms with van der Waals surface area (Å²) in [4.78, 5) is 14.0. The molecular formula is C18H23ClN2O2. The van der Waals surface area contributed by atoms with Crippen molar-refractivity contribution in [3.05, 3.63) is 34.9 Å². The average molecular weight is 335 g/mol. The zero-order valence-corrected chi connectivity index (χ0v) is 14.6. The summed E-state index contributed by atoms with van der Waals surface area (Å²) in [6.07, 6.45) is 0. The molecule has 4 nitrogen and oxygen atoms in total. The number of nitrogens with one attached hydrogen (secondary N) is 1. The maximum absolute atomic E-state index is 11.7. The van der Waals surface area contributed by atoms with E-state index in [1.807, 2.05) is 24.3 Å². The fourth-order valence-electron chi connectivity index (χ4n) is 2.81. The number of amides is 1. The summed E-state index contributed by atoms with van der Waals surface area (Å²) < 4.78 is 5.79. The van der Waals surface area contributed by atoms with E-state index in [1.54, 1.807) is 6.92 Å². The van der Waals surface area contributed by atoms with Crippen molar-refractivity contribution < 1.29 is 9.53 Å². The quantitative estimate of drug-likeness (QED) is 0.861. The van der Waals surface area contributed by atoms with Crippen LogP contribution in [0, 0.1) is 11.8 Å². The minimum Gasteiger partial charge on any atom is -0.373 e. The molecule has 1 atom stereocenters. The van der Waals surface area contributed by atoms with Gasteiger partial charge in [-0.3, -0.25) is 9.69 Å². The Morgan fingerprint density at radius 1 is 1.43 bits per heavy atom. The third kappa shape index (κ3) is 5.24. The summed E-state index contributed by atoms with van der Waals surface area (Å²) in [5.74, 6) is 4.88. The first kappa shape index (κ1) is 17.8. The van der Waals surface area contributed by atoms with Crippen LogP contribution in [-0.2, 0) is 9.53 Å². The first-order chi connectivity index (χ1) is 10.9. The Kier molecular flexibility index (Phi) is 6.06. The molecule has 0 saturated carbocycles. The Bertz CT molecular complexity index is 602. The van der Waals surface area contributed by atoms with Crippen molar-refractivity contribution in [1.82, 2.24) is 10.2 Å². The Morgan fingerprint density at radius 3 is 2.74 bits per heavy atom. The van der Waals surface area contributed by atoms with Crippen molar-refractivity contribution >= 4 is 17.5 Å². The Morgan fingerprint density at radius 2 is 2.13 bits per heavy atom. The van der Waals surface area contributed by atoms with Crippen LogP contribution in [0.5, 0.6) is 0 Å². The fraction of sp³-hybridized carbons (Fsp3) is 0.500. The maximum Gasteiger partial charge on any atom is 0.295 e. The number of ether oxygens (including phenoxy) is 1. The number of hydrogen-bond acceptors (Lipinski definition) is 3. The van der Waals surface area contributed by atoms with Crippen molar-refractivity contribution in [2.75, 3.05) is 26.2 Å². The molecule has 0 spiro atoms. The monoisotopic (exact) mass is 334 g/mol. The van der Waals surface area contributed by atoms with Gasteiger partial charge in [-0.1, -0.05) is 29.7 Å². The average Bonchev–Trinajstić information content (AvgIpc) is 2.48. The zero-order valence-electron chi connectivity index (χ0n) is 13.9. The van der Waals surface area contributed by atoms with Gasteiger partial charge in [0.1, 0.15) is 0 Å². The predicted octanol–water partition coefficient (Wildman–Crippen LogP) is 2.63. The molecule has 0 bridgehead atoms. The van der Waals surface area contributed by atoms with Gasteiger partial charge in [0, 0.05) is 24.7 Å². The molecule has 1 fully saturated rings. The number of nitrogens with zero attached hydrogens (tertiary/aromatic N) is 1. The standard InChI is InChI=1S/C18H23ClN2O2/c1-4-5-17(22)20-12-16(14-6-8-15(19)9-7-14)21-10-11-23-18(2,3)13-21/h6-9,16H,10-13H2,1-3H3,(H,20,22)/t16-/m0/s1. The van der Waals surface area contributed by atoms with E-state index in [0.717, 1.165) is 18.7 Å². The van der Waals surface area contributed by atoms with Gasteiger partial charge in [0.2, 0.25) is 0 Å². The van der Waals surface area contributed by atoms with Gasteiger partial charge in [-0.05, 0) is 44.4 Å². The second-order valence-corrected chi connectivity index (χ2v) is 6.67. The van der Waals surface area contributed by atoms with Gasteiger partial charge in [-0.25, -0.2) is 0 Å². The fourth-order valence-corrected chi connectivity index (χ4v) is 2.93. The lowest BCUT2D eigenvalue weighted by Gasteiger charge is -2.42. The van der Waals surface area contributed by atoms with Crippen LogP contribution in [0.2, 0.25) is 5.02 Å².